The summed E-state index contributed by atoms with van der Waals surface area (Å²) in [6, 6.07) is 8.65. The molecule has 0 amide bonds. The molecule has 3 heterocycles. The fourth-order valence-corrected chi connectivity index (χ4v) is 3.14. The lowest BCUT2D eigenvalue weighted by molar-refractivity contribution is 0.414. The summed E-state index contributed by atoms with van der Waals surface area (Å²) in [5.41, 5.74) is 2.81. The molecule has 0 unspecified atom stereocenters. The highest BCUT2D eigenvalue weighted by Crippen LogP contribution is 2.25. The maximum absolute atomic E-state index is 5.22. The van der Waals surface area contributed by atoms with Crippen LogP contribution in [0, 0.1) is 0 Å². The average Bonchev–Trinajstić information content (AvgIpc) is 3.12. The average molecular weight is 324 g/mol. The van der Waals surface area contributed by atoms with E-state index in [1.165, 1.54) is 5.69 Å². The van der Waals surface area contributed by atoms with E-state index in [2.05, 4.69) is 42.3 Å². The summed E-state index contributed by atoms with van der Waals surface area (Å²) < 4.78 is 5.22. The molecule has 2 aromatic heterocycles. The Labute approximate surface area is 140 Å². The van der Waals surface area contributed by atoms with Crippen LogP contribution in [0.5, 0.6) is 5.75 Å². The van der Waals surface area contributed by atoms with Crippen molar-refractivity contribution in [2.24, 2.45) is 0 Å². The number of aromatic nitrogens is 4. The minimum atomic E-state index is 0.404. The standard InChI is InChI=1S/C17H20N6O/c1-24-14-4-2-13(3-5-14)23-8-6-12(7-9-23)22-17-15-16(19-10-18-15)20-11-21-17/h2-5,10-12H,6-9H2,1H3,(H2,18,19,20,21,22). The van der Waals surface area contributed by atoms with Crippen LogP contribution in [0.4, 0.5) is 11.5 Å². The number of methoxy groups -OCH3 is 1. The van der Waals surface area contributed by atoms with Gasteiger partial charge >= 0.3 is 0 Å². The molecule has 24 heavy (non-hydrogen) atoms. The predicted octanol–water partition coefficient (Wildman–Crippen LogP) is 2.44. The van der Waals surface area contributed by atoms with E-state index in [0.29, 0.717) is 11.7 Å². The highest BCUT2D eigenvalue weighted by atomic mass is 16.5. The Morgan fingerprint density at radius 2 is 1.92 bits per heavy atom. The van der Waals surface area contributed by atoms with Gasteiger partial charge in [-0.15, -0.1) is 0 Å². The highest BCUT2D eigenvalue weighted by molar-refractivity contribution is 5.82. The van der Waals surface area contributed by atoms with Crippen molar-refractivity contribution in [1.29, 1.82) is 0 Å². The fourth-order valence-electron chi connectivity index (χ4n) is 3.14. The smallest absolute Gasteiger partial charge is 0.182 e. The zero-order chi connectivity index (χ0) is 16.4. The number of anilines is 2. The first-order chi connectivity index (χ1) is 11.8. The molecule has 0 aliphatic carbocycles. The van der Waals surface area contributed by atoms with Gasteiger partial charge < -0.3 is 19.9 Å². The summed E-state index contributed by atoms with van der Waals surface area (Å²) in [6.07, 6.45) is 5.33. The molecule has 7 heteroatoms. The fraction of sp³-hybridized carbons (Fsp3) is 0.353. The largest absolute Gasteiger partial charge is 0.497 e. The van der Waals surface area contributed by atoms with Gasteiger partial charge in [0.1, 0.15) is 17.6 Å². The van der Waals surface area contributed by atoms with E-state index in [4.69, 9.17) is 4.74 Å². The van der Waals surface area contributed by atoms with Crippen LogP contribution in [0.2, 0.25) is 0 Å². The highest BCUT2D eigenvalue weighted by Gasteiger charge is 2.20. The Hall–Kier alpha value is -2.83. The Kier molecular flexibility index (Phi) is 3.90. The van der Waals surface area contributed by atoms with Crippen LogP contribution >= 0.6 is 0 Å². The van der Waals surface area contributed by atoms with Gasteiger partial charge in [0.2, 0.25) is 0 Å². The van der Waals surface area contributed by atoms with Gasteiger partial charge in [-0.1, -0.05) is 0 Å². The minimum Gasteiger partial charge on any atom is -0.497 e. The molecule has 1 aliphatic heterocycles. The van der Waals surface area contributed by atoms with Crippen LogP contribution < -0.4 is 15.0 Å². The topological polar surface area (TPSA) is 79.0 Å². The normalized spacial score (nSPS) is 15.6. The van der Waals surface area contributed by atoms with Gasteiger partial charge in [0.15, 0.2) is 11.5 Å². The molecular weight excluding hydrogens is 304 g/mol. The number of imidazole rings is 1. The number of nitrogens with one attached hydrogen (secondary N) is 2. The molecule has 0 atom stereocenters. The third-order valence-corrected chi connectivity index (χ3v) is 4.50. The molecule has 1 aliphatic rings. The predicted molar refractivity (Wildman–Crippen MR) is 93.5 cm³/mol. The lowest BCUT2D eigenvalue weighted by Crippen LogP contribution is -2.39. The third kappa shape index (κ3) is 2.84. The van der Waals surface area contributed by atoms with E-state index in [1.807, 2.05) is 12.1 Å². The summed E-state index contributed by atoms with van der Waals surface area (Å²) in [5, 5.41) is 3.53. The second kappa shape index (κ2) is 6.35. The van der Waals surface area contributed by atoms with Crippen molar-refractivity contribution in [3.05, 3.63) is 36.9 Å². The zero-order valence-electron chi connectivity index (χ0n) is 13.6. The van der Waals surface area contributed by atoms with Gasteiger partial charge in [0.05, 0.1) is 13.4 Å². The molecule has 0 radical (unpaired) electrons. The number of hydrogen-bond acceptors (Lipinski definition) is 6. The number of benzene rings is 1. The first-order valence-electron chi connectivity index (χ1n) is 8.13. The van der Waals surface area contributed by atoms with E-state index < -0.39 is 0 Å². The van der Waals surface area contributed by atoms with Crippen LogP contribution in [-0.2, 0) is 0 Å². The van der Waals surface area contributed by atoms with Crippen molar-refractivity contribution >= 4 is 22.7 Å². The van der Waals surface area contributed by atoms with E-state index >= 15 is 0 Å². The molecule has 1 fully saturated rings. The number of aromatic amines is 1. The lowest BCUT2D eigenvalue weighted by atomic mass is 10.0. The molecule has 1 aromatic carbocycles. The molecule has 3 aromatic rings. The van der Waals surface area contributed by atoms with Crippen molar-refractivity contribution in [3.63, 3.8) is 0 Å². The maximum Gasteiger partial charge on any atom is 0.182 e. The number of ether oxygens (including phenoxy) is 1. The molecular formula is C17H20N6O. The third-order valence-electron chi connectivity index (χ3n) is 4.50. The Morgan fingerprint density at radius 1 is 1.12 bits per heavy atom. The Balaban J connectivity index is 1.40. The Bertz CT molecular complexity index is 807. The molecule has 1 saturated heterocycles. The van der Waals surface area contributed by atoms with Crippen molar-refractivity contribution < 1.29 is 4.74 Å². The number of nitrogens with zero attached hydrogens (tertiary/aromatic N) is 4. The van der Waals surface area contributed by atoms with Crippen molar-refractivity contribution in [1.82, 2.24) is 19.9 Å². The van der Waals surface area contributed by atoms with E-state index in [9.17, 15) is 0 Å². The maximum atomic E-state index is 5.22. The van der Waals surface area contributed by atoms with Crippen molar-refractivity contribution in [2.45, 2.75) is 18.9 Å². The van der Waals surface area contributed by atoms with Crippen LogP contribution in [0.3, 0.4) is 0 Å². The van der Waals surface area contributed by atoms with Gasteiger partial charge in [-0.2, -0.15) is 0 Å². The molecule has 7 nitrogen and oxygen atoms in total. The second-order valence-electron chi connectivity index (χ2n) is 5.93. The molecule has 0 spiro atoms. The first kappa shape index (κ1) is 14.7. The molecule has 0 saturated carbocycles. The zero-order valence-corrected chi connectivity index (χ0v) is 13.6. The Morgan fingerprint density at radius 3 is 2.67 bits per heavy atom. The number of fused-ring (bicyclic) bond motifs is 1. The molecule has 2 N–H and O–H groups in total. The summed E-state index contributed by atoms with van der Waals surface area (Å²) in [4.78, 5) is 18.2. The SMILES string of the molecule is COc1ccc(N2CCC(Nc3ncnc4nc[nH]c34)CC2)cc1. The molecule has 124 valence electrons. The minimum absolute atomic E-state index is 0.404. The molecule has 4 rings (SSSR count). The van der Waals surface area contributed by atoms with Gasteiger partial charge in [-0.25, -0.2) is 15.0 Å². The van der Waals surface area contributed by atoms with Crippen LogP contribution in [-0.4, -0.2) is 46.2 Å². The number of H-pyrrole nitrogens is 1. The van der Waals surface area contributed by atoms with E-state index in [0.717, 1.165) is 43.0 Å². The van der Waals surface area contributed by atoms with Crippen LogP contribution in [0.25, 0.3) is 11.2 Å². The van der Waals surface area contributed by atoms with Gasteiger partial charge in [0.25, 0.3) is 0 Å². The molecule has 0 bridgehead atoms. The van der Waals surface area contributed by atoms with Gasteiger partial charge in [-0.05, 0) is 37.1 Å². The lowest BCUT2D eigenvalue weighted by Gasteiger charge is -2.34. The second-order valence-corrected chi connectivity index (χ2v) is 5.93. The number of rotatable bonds is 4. The quantitative estimate of drug-likeness (QED) is 0.767. The summed E-state index contributed by atoms with van der Waals surface area (Å²) >= 11 is 0. The number of piperidine rings is 1. The first-order valence-corrected chi connectivity index (χ1v) is 8.13. The van der Waals surface area contributed by atoms with Gasteiger partial charge in [0, 0.05) is 24.8 Å². The van der Waals surface area contributed by atoms with Crippen molar-refractivity contribution in [2.75, 3.05) is 30.4 Å². The van der Waals surface area contributed by atoms with E-state index in [-0.39, 0.29) is 0 Å². The monoisotopic (exact) mass is 324 g/mol. The van der Waals surface area contributed by atoms with Crippen LogP contribution in [0.15, 0.2) is 36.9 Å². The summed E-state index contributed by atoms with van der Waals surface area (Å²) in [7, 11) is 1.69. The summed E-state index contributed by atoms with van der Waals surface area (Å²) in [6.45, 7) is 2.03. The van der Waals surface area contributed by atoms with Crippen LogP contribution in [0.1, 0.15) is 12.8 Å². The number of hydrogen-bond donors (Lipinski definition) is 2. The van der Waals surface area contributed by atoms with Crippen molar-refractivity contribution in [3.8, 4) is 5.75 Å². The van der Waals surface area contributed by atoms with E-state index in [1.54, 1.807) is 19.8 Å². The van der Waals surface area contributed by atoms with Gasteiger partial charge in [-0.3, -0.25) is 0 Å². The summed E-state index contributed by atoms with van der Waals surface area (Å²) in [5.74, 6) is 1.73.